The quantitative estimate of drug-likeness (QED) is 0.738. The molecule has 142 valence electrons. The lowest BCUT2D eigenvalue weighted by Crippen LogP contribution is -2.39. The smallest absolute Gasteiger partial charge is 0.232 e. The van der Waals surface area contributed by atoms with Crippen molar-refractivity contribution in [1.29, 1.82) is 0 Å². The van der Waals surface area contributed by atoms with Gasteiger partial charge >= 0.3 is 0 Å². The van der Waals surface area contributed by atoms with Crippen LogP contribution in [0.5, 0.6) is 5.75 Å². The molecule has 1 fully saturated rings. The van der Waals surface area contributed by atoms with Crippen LogP contribution in [0.3, 0.4) is 0 Å². The molecule has 0 spiro atoms. The van der Waals surface area contributed by atoms with Crippen LogP contribution in [0.2, 0.25) is 5.02 Å². The van der Waals surface area contributed by atoms with Crippen molar-refractivity contribution in [3.8, 4) is 5.75 Å². The normalized spacial score (nSPS) is 23.5. The van der Waals surface area contributed by atoms with E-state index in [1.807, 2.05) is 4.90 Å². The average Bonchev–Trinajstić information content (AvgIpc) is 3.03. The summed E-state index contributed by atoms with van der Waals surface area (Å²) in [5.74, 6) is 0.787. The lowest BCUT2D eigenvalue weighted by atomic mass is 10.1. The lowest BCUT2D eigenvalue weighted by Gasteiger charge is -2.28. The topological polar surface area (TPSA) is 79.3 Å². The average molecular weight is 418 g/mol. The number of aliphatic imine (C=N–C) groups is 1. The van der Waals surface area contributed by atoms with Crippen molar-refractivity contribution in [3.05, 3.63) is 23.2 Å². The molecule has 0 radical (unpaired) electrons. The summed E-state index contributed by atoms with van der Waals surface area (Å²) < 4.78 is 29.6. The van der Waals surface area contributed by atoms with Crippen LogP contribution in [0.15, 0.2) is 23.2 Å². The zero-order valence-corrected chi connectivity index (χ0v) is 17.1. The minimum Gasteiger partial charge on any atom is -0.495 e. The van der Waals surface area contributed by atoms with Crippen LogP contribution >= 0.6 is 23.4 Å². The van der Waals surface area contributed by atoms with Crippen LogP contribution in [-0.2, 0) is 14.6 Å². The van der Waals surface area contributed by atoms with Gasteiger partial charge in [0.15, 0.2) is 15.0 Å². The summed E-state index contributed by atoms with van der Waals surface area (Å²) in [7, 11) is 1.78. The van der Waals surface area contributed by atoms with Gasteiger partial charge in [0.25, 0.3) is 0 Å². The molecular weight excluding hydrogens is 398 g/mol. The molecule has 1 aromatic carbocycles. The van der Waals surface area contributed by atoms with Crippen LogP contribution in [0, 0.1) is 0 Å². The third-order valence-corrected chi connectivity index (χ3v) is 7.22. The minimum atomic E-state index is -3.15. The van der Waals surface area contributed by atoms with E-state index < -0.39 is 9.84 Å². The van der Waals surface area contributed by atoms with Crippen molar-refractivity contribution in [2.75, 3.05) is 43.4 Å². The van der Waals surface area contributed by atoms with Crippen LogP contribution in [0.1, 0.15) is 0 Å². The summed E-state index contributed by atoms with van der Waals surface area (Å²) in [4.78, 5) is 19.9. The predicted molar refractivity (Wildman–Crippen MR) is 105 cm³/mol. The predicted octanol–water partition coefficient (Wildman–Crippen LogP) is 1.51. The third-order valence-electron chi connectivity index (χ3n) is 4.33. The van der Waals surface area contributed by atoms with Crippen LogP contribution in [-0.4, -0.2) is 74.9 Å². The zero-order chi connectivity index (χ0) is 19.1. The first-order valence-electron chi connectivity index (χ1n) is 7.96. The molecule has 2 atom stereocenters. The van der Waals surface area contributed by atoms with E-state index in [1.165, 1.54) is 16.7 Å². The largest absolute Gasteiger partial charge is 0.495 e. The van der Waals surface area contributed by atoms with Gasteiger partial charge in [-0.3, -0.25) is 9.79 Å². The number of halogens is 1. The number of ether oxygens (including phenoxy) is 1. The number of anilines is 1. The first-order valence-corrected chi connectivity index (χ1v) is 11.1. The van der Waals surface area contributed by atoms with Gasteiger partial charge in [-0.2, -0.15) is 0 Å². The Bertz CT molecular complexity index is 857. The van der Waals surface area contributed by atoms with E-state index in [-0.39, 0.29) is 35.2 Å². The molecule has 0 saturated carbocycles. The Morgan fingerprint density at radius 1 is 1.42 bits per heavy atom. The highest BCUT2D eigenvalue weighted by molar-refractivity contribution is 8.14. The first-order chi connectivity index (χ1) is 12.2. The maximum Gasteiger partial charge on any atom is 0.232 e. The number of sulfone groups is 1. The van der Waals surface area contributed by atoms with Gasteiger partial charge in [-0.1, -0.05) is 23.4 Å². The Morgan fingerprint density at radius 2 is 2.15 bits per heavy atom. The number of amides is 1. The molecule has 2 aliphatic rings. The van der Waals surface area contributed by atoms with E-state index in [4.69, 9.17) is 16.3 Å². The number of fused-ring (bicyclic) bond motifs is 1. The number of thioether (sulfide) groups is 1. The number of hydrogen-bond donors (Lipinski definition) is 0. The molecule has 2 heterocycles. The van der Waals surface area contributed by atoms with E-state index in [9.17, 15) is 13.2 Å². The Hall–Kier alpha value is -1.45. The molecular formula is C16H20ClN3O4S2. The molecule has 0 unspecified atom stereocenters. The van der Waals surface area contributed by atoms with Crippen molar-refractivity contribution < 1.29 is 17.9 Å². The van der Waals surface area contributed by atoms with E-state index >= 15 is 0 Å². The van der Waals surface area contributed by atoms with Gasteiger partial charge in [0.2, 0.25) is 5.91 Å². The van der Waals surface area contributed by atoms with Crippen LogP contribution < -0.4 is 9.64 Å². The molecule has 10 heteroatoms. The molecule has 0 N–H and O–H groups in total. The van der Waals surface area contributed by atoms with E-state index in [1.54, 1.807) is 39.4 Å². The molecule has 0 aromatic heterocycles. The summed E-state index contributed by atoms with van der Waals surface area (Å²) in [5, 5.41) is 1.13. The Labute approximate surface area is 162 Å². The molecule has 1 saturated heterocycles. The molecule has 0 bridgehead atoms. The van der Waals surface area contributed by atoms with Crippen molar-refractivity contribution >= 4 is 50.0 Å². The molecule has 26 heavy (non-hydrogen) atoms. The standard InChI is InChI=1S/C16H20ClN3O4S2/c1-19(2)15(21)7-25-16-18-11-8-26(22,23)9-13(11)20(16)12-6-10(17)4-5-14(12)24-3/h4-6,11,13H,7-9H2,1-3H3/t11-,13+/m1/s1. The molecule has 7 nitrogen and oxygen atoms in total. The maximum atomic E-state index is 12.1. The number of benzene rings is 1. The second-order valence-corrected chi connectivity index (χ2v) is 9.92. The number of amidine groups is 1. The van der Waals surface area contributed by atoms with Gasteiger partial charge in [0.05, 0.1) is 42.1 Å². The second kappa shape index (κ2) is 7.28. The summed E-state index contributed by atoms with van der Waals surface area (Å²) in [6, 6.07) is 4.52. The number of carbonyl (C=O) groups excluding carboxylic acids is 1. The molecule has 2 aliphatic heterocycles. The highest BCUT2D eigenvalue weighted by atomic mass is 35.5. The SMILES string of the molecule is COc1ccc(Cl)cc1N1C(SCC(=O)N(C)C)=N[C@@H]2CS(=O)(=O)C[C@@H]21. The van der Waals surface area contributed by atoms with Crippen molar-refractivity contribution in [3.63, 3.8) is 0 Å². The van der Waals surface area contributed by atoms with E-state index in [0.717, 1.165) is 0 Å². The van der Waals surface area contributed by atoms with Crippen LogP contribution in [0.25, 0.3) is 0 Å². The fourth-order valence-corrected chi connectivity index (χ4v) is 6.13. The van der Waals surface area contributed by atoms with Gasteiger partial charge in [-0.25, -0.2) is 8.42 Å². The first kappa shape index (κ1) is 19.3. The Morgan fingerprint density at radius 3 is 2.81 bits per heavy atom. The number of rotatable bonds is 4. The highest BCUT2D eigenvalue weighted by Crippen LogP contribution is 2.40. The van der Waals surface area contributed by atoms with Crippen molar-refractivity contribution in [1.82, 2.24) is 4.90 Å². The molecule has 3 rings (SSSR count). The second-order valence-electron chi connectivity index (χ2n) is 6.39. The lowest BCUT2D eigenvalue weighted by molar-refractivity contribution is -0.125. The van der Waals surface area contributed by atoms with E-state index in [2.05, 4.69) is 4.99 Å². The molecule has 0 aliphatic carbocycles. The monoisotopic (exact) mass is 417 g/mol. The van der Waals surface area contributed by atoms with Gasteiger partial charge in [0, 0.05) is 19.1 Å². The minimum absolute atomic E-state index is 0.0164. The summed E-state index contributed by atoms with van der Waals surface area (Å²) >= 11 is 7.46. The number of methoxy groups -OCH3 is 1. The van der Waals surface area contributed by atoms with Gasteiger partial charge in [0.1, 0.15) is 5.75 Å². The fourth-order valence-electron chi connectivity index (χ4n) is 3.02. The van der Waals surface area contributed by atoms with Gasteiger partial charge in [-0.15, -0.1) is 0 Å². The number of nitrogens with zero attached hydrogens (tertiary/aromatic N) is 3. The highest BCUT2D eigenvalue weighted by Gasteiger charge is 2.47. The maximum absolute atomic E-state index is 12.1. The van der Waals surface area contributed by atoms with Gasteiger partial charge < -0.3 is 14.5 Å². The van der Waals surface area contributed by atoms with Crippen LogP contribution in [0.4, 0.5) is 5.69 Å². The van der Waals surface area contributed by atoms with Crippen molar-refractivity contribution in [2.45, 2.75) is 12.1 Å². The summed E-state index contributed by atoms with van der Waals surface area (Å²) in [6.45, 7) is 0. The number of carbonyl (C=O) groups is 1. The molecule has 1 amide bonds. The Balaban J connectivity index is 1.97. The summed E-state index contributed by atoms with van der Waals surface area (Å²) in [6.07, 6.45) is 0. The zero-order valence-electron chi connectivity index (χ0n) is 14.7. The third kappa shape index (κ3) is 3.79. The molecule has 1 aromatic rings. The van der Waals surface area contributed by atoms with Crippen molar-refractivity contribution in [2.24, 2.45) is 4.99 Å². The summed E-state index contributed by atoms with van der Waals surface area (Å²) in [5.41, 5.74) is 0.660. The Kier molecular flexibility index (Phi) is 5.41. The number of hydrogen-bond acceptors (Lipinski definition) is 7. The van der Waals surface area contributed by atoms with E-state index in [0.29, 0.717) is 21.6 Å². The van der Waals surface area contributed by atoms with Gasteiger partial charge in [-0.05, 0) is 18.2 Å². The fraction of sp³-hybridized carbons (Fsp3) is 0.500.